The van der Waals surface area contributed by atoms with Gasteiger partial charge in [-0.2, -0.15) is 13.2 Å². The molecule has 0 radical (unpaired) electrons. The summed E-state index contributed by atoms with van der Waals surface area (Å²) in [4.78, 5) is 25.1. The molecule has 132 valence electrons. The Balaban J connectivity index is 1.81. The lowest BCUT2D eigenvalue weighted by Gasteiger charge is -2.17. The minimum atomic E-state index is -4.46. The molecule has 5 nitrogen and oxygen atoms in total. The van der Waals surface area contributed by atoms with Crippen molar-refractivity contribution in [3.8, 4) is 0 Å². The summed E-state index contributed by atoms with van der Waals surface area (Å²) in [5.74, 6) is -0.523. The molecule has 1 N–H and O–H groups in total. The molecular weight excluding hydrogens is 325 g/mol. The van der Waals surface area contributed by atoms with E-state index in [9.17, 15) is 22.8 Å². The molecule has 1 aromatic carbocycles. The molecule has 0 spiro atoms. The van der Waals surface area contributed by atoms with E-state index in [1.807, 2.05) is 0 Å². The zero-order valence-electron chi connectivity index (χ0n) is 13.2. The molecule has 0 unspecified atom stereocenters. The number of carbonyl (C=O) groups excluding carboxylic acids is 2. The van der Waals surface area contributed by atoms with E-state index in [4.69, 9.17) is 0 Å². The normalized spacial score (nSPS) is 16.3. The van der Waals surface area contributed by atoms with E-state index in [1.54, 1.807) is 29.2 Å². The maximum atomic E-state index is 12.0. The highest BCUT2D eigenvalue weighted by Gasteiger charge is 2.29. The minimum absolute atomic E-state index is 0.0895. The van der Waals surface area contributed by atoms with Crippen molar-refractivity contribution >= 4 is 17.5 Å². The van der Waals surface area contributed by atoms with Gasteiger partial charge in [-0.1, -0.05) is 12.1 Å². The highest BCUT2D eigenvalue weighted by Crippen LogP contribution is 2.21. The number of carbonyl (C=O) groups is 2. The summed E-state index contributed by atoms with van der Waals surface area (Å²) < 4.78 is 40.6. The van der Waals surface area contributed by atoms with Gasteiger partial charge in [0.2, 0.25) is 11.8 Å². The van der Waals surface area contributed by atoms with E-state index in [-0.39, 0.29) is 12.5 Å². The third kappa shape index (κ3) is 5.23. The average molecular weight is 344 g/mol. The highest BCUT2D eigenvalue weighted by molar-refractivity contribution is 5.95. The Hall–Kier alpha value is -2.09. The number of nitrogens with one attached hydrogen (secondary N) is 1. The molecule has 2 amide bonds. The molecule has 1 aliphatic heterocycles. The quantitative estimate of drug-likeness (QED) is 0.862. The van der Waals surface area contributed by atoms with E-state index in [0.29, 0.717) is 13.0 Å². The van der Waals surface area contributed by atoms with E-state index in [0.717, 1.165) is 17.7 Å². The summed E-state index contributed by atoms with van der Waals surface area (Å²) in [6.45, 7) is 0.680. The van der Waals surface area contributed by atoms with Crippen molar-refractivity contribution < 1.29 is 27.5 Å². The first-order valence-corrected chi connectivity index (χ1v) is 7.61. The van der Waals surface area contributed by atoms with Gasteiger partial charge in [-0.25, -0.2) is 0 Å². The number of benzene rings is 1. The highest BCUT2D eigenvalue weighted by atomic mass is 19.4. The number of ether oxygens (including phenoxy) is 1. The summed E-state index contributed by atoms with van der Waals surface area (Å²) in [5, 5.41) is 2.52. The van der Waals surface area contributed by atoms with Gasteiger partial charge in [-0.15, -0.1) is 0 Å². The van der Waals surface area contributed by atoms with Gasteiger partial charge in [-0.05, 0) is 31.0 Å². The Morgan fingerprint density at radius 2 is 2.00 bits per heavy atom. The van der Waals surface area contributed by atoms with E-state index < -0.39 is 24.8 Å². The number of rotatable bonds is 6. The number of alkyl halides is 3. The van der Waals surface area contributed by atoms with Crippen molar-refractivity contribution in [1.82, 2.24) is 5.32 Å². The number of halogens is 3. The van der Waals surface area contributed by atoms with Crippen LogP contribution in [0.15, 0.2) is 24.3 Å². The van der Waals surface area contributed by atoms with Gasteiger partial charge in [0.05, 0.1) is 0 Å². The zero-order valence-corrected chi connectivity index (χ0v) is 13.2. The van der Waals surface area contributed by atoms with Crippen LogP contribution < -0.4 is 10.2 Å². The third-order valence-corrected chi connectivity index (χ3v) is 3.65. The van der Waals surface area contributed by atoms with Gasteiger partial charge in [0, 0.05) is 25.2 Å². The third-order valence-electron chi connectivity index (χ3n) is 3.65. The Morgan fingerprint density at radius 3 is 2.54 bits per heavy atom. The summed E-state index contributed by atoms with van der Waals surface area (Å²) in [5.41, 5.74) is 1.58. The van der Waals surface area contributed by atoms with Crippen molar-refractivity contribution in [2.45, 2.75) is 38.6 Å². The lowest BCUT2D eigenvalue weighted by Crippen LogP contribution is -2.36. The van der Waals surface area contributed by atoms with Crippen molar-refractivity contribution in [3.63, 3.8) is 0 Å². The van der Waals surface area contributed by atoms with Gasteiger partial charge in [0.15, 0.2) is 0 Å². The predicted molar refractivity (Wildman–Crippen MR) is 81.3 cm³/mol. The molecular formula is C16H19F3N2O3. The molecule has 0 saturated carbocycles. The number of amides is 2. The van der Waals surface area contributed by atoms with Crippen molar-refractivity contribution in [3.05, 3.63) is 29.8 Å². The fraction of sp³-hybridized carbons (Fsp3) is 0.500. The molecule has 1 aliphatic rings. The van der Waals surface area contributed by atoms with Gasteiger partial charge in [0.25, 0.3) is 0 Å². The first-order chi connectivity index (χ1) is 11.3. The van der Waals surface area contributed by atoms with Crippen molar-refractivity contribution in [2.75, 3.05) is 18.1 Å². The van der Waals surface area contributed by atoms with E-state index in [2.05, 4.69) is 10.1 Å². The maximum Gasteiger partial charge on any atom is 0.411 e. The lowest BCUT2D eigenvalue weighted by atomic mass is 10.2. The van der Waals surface area contributed by atoms with Gasteiger partial charge in [-0.3, -0.25) is 9.59 Å². The Bertz CT molecular complexity index is 587. The predicted octanol–water partition coefficient (Wildman–Crippen LogP) is 2.40. The molecule has 8 heteroatoms. The molecule has 0 aromatic heterocycles. The summed E-state index contributed by atoms with van der Waals surface area (Å²) in [7, 11) is 0. The molecule has 1 saturated heterocycles. The summed E-state index contributed by atoms with van der Waals surface area (Å²) in [6.07, 6.45) is -4.26. The molecule has 1 fully saturated rings. The summed E-state index contributed by atoms with van der Waals surface area (Å²) >= 11 is 0. The second kappa shape index (κ2) is 7.65. The van der Waals surface area contributed by atoms with E-state index in [1.165, 1.54) is 6.92 Å². The van der Waals surface area contributed by atoms with Crippen molar-refractivity contribution in [1.29, 1.82) is 0 Å². The second-order valence-corrected chi connectivity index (χ2v) is 5.60. The standard InChI is InChI=1S/C16H19F3N2O3/c1-11(24-10-16(17,18)19)15(23)20-9-12-4-6-13(7-5-12)21-8-2-3-14(21)22/h4-7,11H,2-3,8-10H2,1H3,(H,20,23)/t11-/m0/s1. The van der Waals surface area contributed by atoms with Crippen LogP contribution in [0.3, 0.4) is 0 Å². The zero-order chi connectivity index (χ0) is 17.7. The Labute approximate surface area is 137 Å². The molecule has 24 heavy (non-hydrogen) atoms. The van der Waals surface area contributed by atoms with Crippen LogP contribution in [0.4, 0.5) is 18.9 Å². The number of hydrogen-bond donors (Lipinski definition) is 1. The Morgan fingerprint density at radius 1 is 1.33 bits per heavy atom. The molecule has 0 aliphatic carbocycles. The van der Waals surface area contributed by atoms with Gasteiger partial charge in [0.1, 0.15) is 12.7 Å². The molecule has 1 heterocycles. The maximum absolute atomic E-state index is 12.0. The molecule has 1 aromatic rings. The smallest absolute Gasteiger partial charge is 0.359 e. The first-order valence-electron chi connectivity index (χ1n) is 7.61. The number of hydrogen-bond acceptors (Lipinski definition) is 3. The fourth-order valence-corrected chi connectivity index (χ4v) is 2.34. The van der Waals surface area contributed by atoms with Gasteiger partial charge >= 0.3 is 6.18 Å². The van der Waals surface area contributed by atoms with Crippen LogP contribution in [0.1, 0.15) is 25.3 Å². The van der Waals surface area contributed by atoms with Crippen LogP contribution in [-0.2, 0) is 20.9 Å². The second-order valence-electron chi connectivity index (χ2n) is 5.60. The van der Waals surface area contributed by atoms with Crippen LogP contribution in [0.2, 0.25) is 0 Å². The number of anilines is 1. The topological polar surface area (TPSA) is 58.6 Å². The fourth-order valence-electron chi connectivity index (χ4n) is 2.34. The van der Waals surface area contributed by atoms with Crippen LogP contribution in [0.25, 0.3) is 0 Å². The summed E-state index contributed by atoms with van der Waals surface area (Å²) in [6, 6.07) is 7.10. The van der Waals surface area contributed by atoms with E-state index >= 15 is 0 Å². The van der Waals surface area contributed by atoms with Crippen LogP contribution >= 0.6 is 0 Å². The van der Waals surface area contributed by atoms with Gasteiger partial charge < -0.3 is 15.0 Å². The average Bonchev–Trinajstić information content (AvgIpc) is 2.96. The van der Waals surface area contributed by atoms with Crippen molar-refractivity contribution in [2.24, 2.45) is 0 Å². The molecule has 2 rings (SSSR count). The van der Waals surface area contributed by atoms with Crippen LogP contribution in [0, 0.1) is 0 Å². The monoisotopic (exact) mass is 344 g/mol. The first kappa shape index (κ1) is 18.3. The lowest BCUT2D eigenvalue weighted by molar-refractivity contribution is -0.185. The van der Waals surface area contributed by atoms with Crippen LogP contribution in [-0.4, -0.2) is 37.2 Å². The molecule has 1 atom stereocenters. The van der Waals surface area contributed by atoms with Crippen LogP contribution in [0.5, 0.6) is 0 Å². The Kier molecular flexibility index (Phi) is 5.82. The molecule has 0 bridgehead atoms. The number of nitrogens with zero attached hydrogens (tertiary/aromatic N) is 1. The SMILES string of the molecule is C[C@H](OCC(F)(F)F)C(=O)NCc1ccc(N2CCCC2=O)cc1. The minimum Gasteiger partial charge on any atom is -0.359 e. The largest absolute Gasteiger partial charge is 0.411 e.